The molecule has 0 aliphatic carbocycles. The van der Waals surface area contributed by atoms with Gasteiger partial charge in [-0.3, -0.25) is 4.79 Å². The third kappa shape index (κ3) is 8.19. The molecule has 10 heteroatoms. The summed E-state index contributed by atoms with van der Waals surface area (Å²) in [5.41, 5.74) is 11.6. The molecule has 0 unspecified atom stereocenters. The molecule has 4 aromatic rings. The Morgan fingerprint density at radius 3 is 1.87 bits per heavy atom. The number of aromatic amines is 2. The lowest BCUT2D eigenvalue weighted by atomic mass is 10.0. The third-order valence-electron chi connectivity index (χ3n) is 5.71. The summed E-state index contributed by atoms with van der Waals surface area (Å²) in [6, 6.07) is 16.4. The smallest absolute Gasteiger partial charge is 0.407 e. The van der Waals surface area contributed by atoms with Crippen LogP contribution in [0.25, 0.3) is 33.6 Å². The zero-order chi connectivity index (χ0) is 28.2. The molecule has 39 heavy (non-hydrogen) atoms. The summed E-state index contributed by atoms with van der Waals surface area (Å²) < 4.78 is 4.52. The number of nitrogen functional groups attached to an aromatic ring is 1. The molecule has 0 atom stereocenters. The van der Waals surface area contributed by atoms with Gasteiger partial charge in [-0.15, -0.1) is 0 Å². The first-order valence-electron chi connectivity index (χ1n) is 13.0. The fourth-order valence-corrected chi connectivity index (χ4v) is 3.83. The van der Waals surface area contributed by atoms with Crippen molar-refractivity contribution >= 4 is 17.9 Å². The maximum absolute atomic E-state index is 12.5. The van der Waals surface area contributed by atoms with E-state index in [1.54, 1.807) is 17.3 Å². The number of anilines is 1. The third-order valence-corrected chi connectivity index (χ3v) is 5.71. The molecule has 0 spiro atoms. The highest BCUT2D eigenvalue weighted by atomic mass is 16.5. The number of carbonyl (C=O) groups is 2. The number of carbonyl (C=O) groups excluding carboxylic acids is 2. The standard InChI is InChI=1S/C26H29N7O3.C3H8/c1-3-12-33(24(34)15-30-26(35)36-2)16-23-28-13-21(31-23)19-8-4-17(5-9-19)18-6-10-20(11-7-18)22-14-29-25(27)32-22;1-3-2/h4-11,13-14H,3,12,15-16H2,1-2H3,(H,28,31)(H,30,35)(H3,27,29,32);3H2,1-2H3. The van der Waals surface area contributed by atoms with Crippen LogP contribution in [0.5, 0.6) is 0 Å². The van der Waals surface area contributed by atoms with E-state index in [4.69, 9.17) is 5.73 Å². The second-order valence-electron chi connectivity index (χ2n) is 8.95. The number of nitrogens with two attached hydrogens (primary N) is 1. The molecule has 206 valence electrons. The molecule has 2 amide bonds. The fraction of sp³-hybridized carbons (Fsp3) is 0.310. The van der Waals surface area contributed by atoms with Crippen molar-refractivity contribution in [3.8, 4) is 33.6 Å². The van der Waals surface area contributed by atoms with Gasteiger partial charge in [-0.1, -0.05) is 75.7 Å². The first-order valence-corrected chi connectivity index (χ1v) is 13.0. The number of hydrogen-bond acceptors (Lipinski definition) is 6. The van der Waals surface area contributed by atoms with Gasteiger partial charge in [0.25, 0.3) is 0 Å². The molecule has 0 bridgehead atoms. The van der Waals surface area contributed by atoms with Crippen molar-refractivity contribution in [3.63, 3.8) is 0 Å². The number of aromatic nitrogens is 4. The Balaban J connectivity index is 0.00000134. The molecule has 10 nitrogen and oxygen atoms in total. The maximum atomic E-state index is 12.5. The van der Waals surface area contributed by atoms with E-state index in [1.165, 1.54) is 13.5 Å². The van der Waals surface area contributed by atoms with Crippen LogP contribution in [0.15, 0.2) is 60.9 Å². The summed E-state index contributed by atoms with van der Waals surface area (Å²) in [4.78, 5) is 40.3. The first kappa shape index (κ1) is 29.0. The van der Waals surface area contributed by atoms with Crippen LogP contribution < -0.4 is 11.1 Å². The molecule has 0 saturated heterocycles. The van der Waals surface area contributed by atoms with E-state index < -0.39 is 6.09 Å². The first-order chi connectivity index (χ1) is 18.9. The van der Waals surface area contributed by atoms with Crippen molar-refractivity contribution in [2.45, 2.75) is 40.2 Å². The lowest BCUT2D eigenvalue weighted by Gasteiger charge is -2.21. The molecular formula is C29H37N7O3. The Labute approximate surface area is 229 Å². The number of nitrogens with one attached hydrogen (secondary N) is 3. The number of methoxy groups -OCH3 is 1. The topological polar surface area (TPSA) is 142 Å². The van der Waals surface area contributed by atoms with Gasteiger partial charge in [-0.25, -0.2) is 14.8 Å². The molecule has 0 aliphatic rings. The van der Waals surface area contributed by atoms with E-state index in [-0.39, 0.29) is 12.5 Å². The second-order valence-corrected chi connectivity index (χ2v) is 8.95. The molecule has 4 rings (SSSR count). The van der Waals surface area contributed by atoms with Gasteiger partial charge in [-0.2, -0.15) is 0 Å². The maximum Gasteiger partial charge on any atom is 0.407 e. The quantitative estimate of drug-likeness (QED) is 0.233. The van der Waals surface area contributed by atoms with Gasteiger partial charge in [0.15, 0.2) is 5.95 Å². The Morgan fingerprint density at radius 2 is 1.38 bits per heavy atom. The van der Waals surface area contributed by atoms with Gasteiger partial charge in [0.05, 0.1) is 37.4 Å². The number of benzene rings is 2. The highest BCUT2D eigenvalue weighted by Gasteiger charge is 2.16. The molecule has 0 saturated carbocycles. The van der Waals surface area contributed by atoms with E-state index in [2.05, 4.69) is 68.1 Å². The van der Waals surface area contributed by atoms with Crippen LogP contribution in [0.2, 0.25) is 0 Å². The fourth-order valence-electron chi connectivity index (χ4n) is 3.83. The number of hydrogen-bond donors (Lipinski definition) is 4. The molecule has 2 aromatic heterocycles. The lowest BCUT2D eigenvalue weighted by molar-refractivity contribution is -0.130. The van der Waals surface area contributed by atoms with Gasteiger partial charge in [0, 0.05) is 6.54 Å². The van der Waals surface area contributed by atoms with Crippen molar-refractivity contribution in [1.29, 1.82) is 0 Å². The van der Waals surface area contributed by atoms with E-state index in [0.29, 0.717) is 24.9 Å². The monoisotopic (exact) mass is 531 g/mol. The summed E-state index contributed by atoms with van der Waals surface area (Å²) >= 11 is 0. The second kappa shape index (κ2) is 14.4. The largest absolute Gasteiger partial charge is 0.453 e. The van der Waals surface area contributed by atoms with E-state index in [9.17, 15) is 9.59 Å². The van der Waals surface area contributed by atoms with Crippen LogP contribution in [-0.2, 0) is 16.1 Å². The minimum absolute atomic E-state index is 0.126. The Bertz CT molecular complexity index is 1330. The van der Waals surface area contributed by atoms with Gasteiger partial charge >= 0.3 is 6.09 Å². The highest BCUT2D eigenvalue weighted by molar-refractivity contribution is 5.82. The number of imidazole rings is 2. The molecule has 0 aliphatic heterocycles. The molecule has 5 N–H and O–H groups in total. The highest BCUT2D eigenvalue weighted by Crippen LogP contribution is 2.26. The van der Waals surface area contributed by atoms with Crippen molar-refractivity contribution in [3.05, 3.63) is 66.7 Å². The summed E-state index contributed by atoms with van der Waals surface area (Å²) in [5, 5.41) is 2.43. The lowest BCUT2D eigenvalue weighted by Crippen LogP contribution is -2.40. The molecule has 2 heterocycles. The summed E-state index contributed by atoms with van der Waals surface area (Å²) in [6.45, 7) is 6.99. The average Bonchev–Trinajstić information content (AvgIpc) is 3.61. The average molecular weight is 532 g/mol. The van der Waals surface area contributed by atoms with Crippen LogP contribution in [0.3, 0.4) is 0 Å². The number of H-pyrrole nitrogens is 2. The zero-order valence-electron chi connectivity index (χ0n) is 23.0. The van der Waals surface area contributed by atoms with Crippen molar-refractivity contribution in [2.75, 3.05) is 25.9 Å². The van der Waals surface area contributed by atoms with Gasteiger partial charge in [-0.05, 0) is 28.7 Å². The number of ether oxygens (including phenoxy) is 1. The van der Waals surface area contributed by atoms with E-state index in [1.807, 2.05) is 31.2 Å². The Kier molecular flexibility index (Phi) is 10.7. The van der Waals surface area contributed by atoms with E-state index >= 15 is 0 Å². The SMILES string of the molecule is CCC.CCCN(Cc1ncc(-c2ccc(-c3ccc(-c4cnc(N)[nH]4)cc3)cc2)[nH]1)C(=O)CNC(=O)OC. The summed E-state index contributed by atoms with van der Waals surface area (Å²) in [7, 11) is 1.26. The summed E-state index contributed by atoms with van der Waals surface area (Å²) in [6.07, 6.45) is 4.88. The van der Waals surface area contributed by atoms with Crippen molar-refractivity contribution in [2.24, 2.45) is 0 Å². The van der Waals surface area contributed by atoms with Gasteiger partial charge < -0.3 is 30.7 Å². The molecular weight excluding hydrogens is 494 g/mol. The number of alkyl carbamates (subject to hydrolysis) is 1. The summed E-state index contributed by atoms with van der Waals surface area (Å²) in [5.74, 6) is 0.863. The van der Waals surface area contributed by atoms with Gasteiger partial charge in [0.2, 0.25) is 5.91 Å². The van der Waals surface area contributed by atoms with Crippen molar-refractivity contribution < 1.29 is 14.3 Å². The van der Waals surface area contributed by atoms with Crippen LogP contribution in [0.1, 0.15) is 39.4 Å². The molecule has 0 fully saturated rings. The zero-order valence-corrected chi connectivity index (χ0v) is 23.0. The van der Waals surface area contributed by atoms with Crippen LogP contribution in [-0.4, -0.2) is 57.0 Å². The normalized spacial score (nSPS) is 10.4. The van der Waals surface area contributed by atoms with Crippen LogP contribution in [0.4, 0.5) is 10.7 Å². The van der Waals surface area contributed by atoms with Crippen LogP contribution in [0, 0.1) is 0 Å². The van der Waals surface area contributed by atoms with Crippen LogP contribution >= 0.6 is 0 Å². The minimum atomic E-state index is -0.637. The predicted molar refractivity (Wildman–Crippen MR) is 154 cm³/mol. The van der Waals surface area contributed by atoms with E-state index in [0.717, 1.165) is 40.1 Å². The number of nitrogens with zero attached hydrogens (tertiary/aromatic N) is 3. The number of amides is 2. The molecule has 2 aromatic carbocycles. The number of rotatable bonds is 9. The molecule has 0 radical (unpaired) electrons. The van der Waals surface area contributed by atoms with Crippen molar-refractivity contribution in [1.82, 2.24) is 30.2 Å². The Hall–Kier alpha value is -4.60. The Morgan fingerprint density at radius 1 is 0.872 bits per heavy atom. The van der Waals surface area contributed by atoms with Gasteiger partial charge in [0.1, 0.15) is 12.4 Å². The predicted octanol–water partition coefficient (Wildman–Crippen LogP) is 5.23. The minimum Gasteiger partial charge on any atom is -0.453 e.